The highest BCUT2D eigenvalue weighted by Gasteiger charge is 2.39. The van der Waals surface area contributed by atoms with Gasteiger partial charge in [0.2, 0.25) is 5.91 Å². The third kappa shape index (κ3) is 2.86. The van der Waals surface area contributed by atoms with Gasteiger partial charge in [-0.25, -0.2) is 4.39 Å². The second-order valence-corrected chi connectivity index (χ2v) is 5.49. The number of hydrogen-bond donors (Lipinski definition) is 2. The molecule has 2 N–H and O–H groups in total. The van der Waals surface area contributed by atoms with Crippen LogP contribution in [-0.2, 0) is 4.79 Å². The molecule has 3 nitrogen and oxygen atoms in total. The number of anilines is 1. The summed E-state index contributed by atoms with van der Waals surface area (Å²) in [6, 6.07) is 2.72. The molecule has 1 aromatic carbocycles. The van der Waals surface area contributed by atoms with Crippen molar-refractivity contribution in [1.82, 2.24) is 5.32 Å². The summed E-state index contributed by atoms with van der Waals surface area (Å²) in [5, 5.41) is 5.77. The fourth-order valence-electron chi connectivity index (χ4n) is 2.34. The lowest BCUT2D eigenvalue weighted by atomic mass is 9.93. The molecule has 0 bridgehead atoms. The molecule has 1 unspecified atom stereocenters. The first-order chi connectivity index (χ1) is 8.98. The Morgan fingerprint density at radius 2 is 2.11 bits per heavy atom. The number of carbonyl (C=O) groups excluding carboxylic acids is 1. The van der Waals surface area contributed by atoms with Gasteiger partial charge in [-0.1, -0.05) is 30.1 Å². The summed E-state index contributed by atoms with van der Waals surface area (Å²) >= 11 is 11.4. The Labute approximate surface area is 121 Å². The lowest BCUT2D eigenvalue weighted by Crippen LogP contribution is -2.50. The van der Waals surface area contributed by atoms with E-state index in [1.54, 1.807) is 0 Å². The molecule has 104 valence electrons. The average Bonchev–Trinajstić information content (AvgIpc) is 2.85. The predicted octanol–water partition coefficient (Wildman–Crippen LogP) is 3.60. The molecule has 0 aromatic heterocycles. The maximum atomic E-state index is 13.3. The molecular weight excluding hydrogens is 290 g/mol. The Balaban J connectivity index is 2.19. The Kier molecular flexibility index (Phi) is 4.33. The van der Waals surface area contributed by atoms with E-state index in [1.165, 1.54) is 12.1 Å². The normalized spacial score (nSPS) is 22.5. The number of rotatable bonds is 3. The first-order valence-corrected chi connectivity index (χ1v) is 6.95. The van der Waals surface area contributed by atoms with Crippen molar-refractivity contribution in [3.05, 3.63) is 28.0 Å². The average molecular weight is 305 g/mol. The highest BCUT2D eigenvalue weighted by Crippen LogP contribution is 2.29. The summed E-state index contributed by atoms with van der Waals surface area (Å²) in [6.45, 7) is 2.79. The molecular formula is C13H15Cl2FN2O. The van der Waals surface area contributed by atoms with Crippen LogP contribution in [0.25, 0.3) is 0 Å². The van der Waals surface area contributed by atoms with Crippen molar-refractivity contribution in [1.29, 1.82) is 0 Å². The zero-order valence-electron chi connectivity index (χ0n) is 10.5. The highest BCUT2D eigenvalue weighted by molar-refractivity contribution is 6.35. The van der Waals surface area contributed by atoms with Gasteiger partial charge in [0.25, 0.3) is 0 Å². The van der Waals surface area contributed by atoms with E-state index >= 15 is 0 Å². The minimum Gasteiger partial charge on any atom is -0.324 e. The van der Waals surface area contributed by atoms with Crippen LogP contribution in [0.4, 0.5) is 10.1 Å². The Morgan fingerprint density at radius 1 is 1.47 bits per heavy atom. The van der Waals surface area contributed by atoms with Gasteiger partial charge in [-0.05, 0) is 37.9 Å². The number of benzene rings is 1. The molecule has 0 saturated carbocycles. The maximum absolute atomic E-state index is 13.3. The summed E-state index contributed by atoms with van der Waals surface area (Å²) in [5.74, 6) is -0.809. The SMILES string of the molecule is CCC1(C(=O)Nc2cc(Cl)c(F)c(Cl)c2)CCCN1. The predicted molar refractivity (Wildman–Crippen MR) is 75.3 cm³/mol. The van der Waals surface area contributed by atoms with Crippen LogP contribution in [0.15, 0.2) is 12.1 Å². The van der Waals surface area contributed by atoms with Gasteiger partial charge in [0, 0.05) is 5.69 Å². The summed E-state index contributed by atoms with van der Waals surface area (Å²) in [7, 11) is 0. The topological polar surface area (TPSA) is 41.1 Å². The van der Waals surface area contributed by atoms with Gasteiger partial charge in [-0.2, -0.15) is 0 Å². The zero-order valence-corrected chi connectivity index (χ0v) is 12.0. The zero-order chi connectivity index (χ0) is 14.0. The maximum Gasteiger partial charge on any atom is 0.244 e. The second-order valence-electron chi connectivity index (χ2n) is 4.67. The number of hydrogen-bond acceptors (Lipinski definition) is 2. The Bertz CT molecular complexity index is 478. The molecule has 0 aliphatic carbocycles. The van der Waals surface area contributed by atoms with E-state index in [-0.39, 0.29) is 16.0 Å². The van der Waals surface area contributed by atoms with E-state index < -0.39 is 11.4 Å². The van der Waals surface area contributed by atoms with Crippen LogP contribution in [0.1, 0.15) is 26.2 Å². The van der Waals surface area contributed by atoms with Crippen LogP contribution in [0.3, 0.4) is 0 Å². The fraction of sp³-hybridized carbons (Fsp3) is 0.462. The van der Waals surface area contributed by atoms with Crippen molar-refractivity contribution in [2.45, 2.75) is 31.7 Å². The van der Waals surface area contributed by atoms with Crippen LogP contribution >= 0.6 is 23.2 Å². The molecule has 1 amide bonds. The lowest BCUT2D eigenvalue weighted by Gasteiger charge is -2.26. The number of amides is 1. The molecule has 19 heavy (non-hydrogen) atoms. The fourth-order valence-corrected chi connectivity index (χ4v) is 2.83. The molecule has 1 saturated heterocycles. The van der Waals surface area contributed by atoms with Crippen molar-refractivity contribution < 1.29 is 9.18 Å². The monoisotopic (exact) mass is 304 g/mol. The van der Waals surface area contributed by atoms with Gasteiger partial charge in [0.15, 0.2) is 5.82 Å². The molecule has 6 heteroatoms. The standard InChI is InChI=1S/C13H15Cl2FN2O/c1-2-13(4-3-5-17-13)12(19)18-8-6-9(14)11(16)10(15)7-8/h6-7,17H,2-5H2,1H3,(H,18,19). The van der Waals surface area contributed by atoms with Crippen LogP contribution < -0.4 is 10.6 Å². The summed E-state index contributed by atoms with van der Waals surface area (Å²) < 4.78 is 13.3. The van der Waals surface area contributed by atoms with Crippen molar-refractivity contribution in [3.8, 4) is 0 Å². The Hall–Kier alpha value is -0.840. The smallest absolute Gasteiger partial charge is 0.244 e. The molecule has 0 radical (unpaired) electrons. The van der Waals surface area contributed by atoms with E-state index in [1.807, 2.05) is 6.92 Å². The van der Waals surface area contributed by atoms with Gasteiger partial charge in [-0.15, -0.1) is 0 Å². The van der Waals surface area contributed by atoms with Crippen molar-refractivity contribution >= 4 is 34.8 Å². The molecule has 1 heterocycles. The van der Waals surface area contributed by atoms with Gasteiger partial charge >= 0.3 is 0 Å². The van der Waals surface area contributed by atoms with Crippen molar-refractivity contribution in [2.75, 3.05) is 11.9 Å². The third-order valence-corrected chi connectivity index (χ3v) is 4.07. The lowest BCUT2D eigenvalue weighted by molar-refractivity contribution is -0.122. The Morgan fingerprint density at radius 3 is 2.58 bits per heavy atom. The van der Waals surface area contributed by atoms with Crippen molar-refractivity contribution in [2.24, 2.45) is 0 Å². The van der Waals surface area contributed by atoms with Crippen molar-refractivity contribution in [3.63, 3.8) is 0 Å². The minimum absolute atomic E-state index is 0.104. The molecule has 1 aliphatic rings. The van der Waals surface area contributed by atoms with E-state index in [9.17, 15) is 9.18 Å². The molecule has 0 spiro atoms. The van der Waals surface area contributed by atoms with E-state index in [0.29, 0.717) is 12.1 Å². The summed E-state index contributed by atoms with van der Waals surface area (Å²) in [6.07, 6.45) is 2.45. The van der Waals surface area contributed by atoms with E-state index in [4.69, 9.17) is 23.2 Å². The van der Waals surface area contributed by atoms with E-state index in [2.05, 4.69) is 10.6 Å². The molecule has 1 aliphatic heterocycles. The minimum atomic E-state index is -0.675. The van der Waals surface area contributed by atoms with Crippen LogP contribution in [-0.4, -0.2) is 18.0 Å². The van der Waals surface area contributed by atoms with E-state index in [0.717, 1.165) is 19.4 Å². The quantitative estimate of drug-likeness (QED) is 0.838. The van der Waals surface area contributed by atoms with Crippen LogP contribution in [0, 0.1) is 5.82 Å². The second kappa shape index (κ2) is 5.65. The van der Waals surface area contributed by atoms with Gasteiger partial charge in [0.1, 0.15) is 0 Å². The van der Waals surface area contributed by atoms with Crippen LogP contribution in [0.2, 0.25) is 10.0 Å². The molecule has 2 rings (SSSR count). The first-order valence-electron chi connectivity index (χ1n) is 6.19. The molecule has 1 atom stereocenters. The van der Waals surface area contributed by atoms with Gasteiger partial charge in [0.05, 0.1) is 15.6 Å². The third-order valence-electron chi connectivity index (χ3n) is 3.52. The molecule has 1 aromatic rings. The van der Waals surface area contributed by atoms with Gasteiger partial charge < -0.3 is 10.6 Å². The number of nitrogens with one attached hydrogen (secondary N) is 2. The summed E-state index contributed by atoms with van der Waals surface area (Å²) in [5.41, 5.74) is -0.143. The van der Waals surface area contributed by atoms with Crippen LogP contribution in [0.5, 0.6) is 0 Å². The largest absolute Gasteiger partial charge is 0.324 e. The molecule has 1 fully saturated rings. The number of halogens is 3. The van der Waals surface area contributed by atoms with Gasteiger partial charge in [-0.3, -0.25) is 4.79 Å². The summed E-state index contributed by atoms with van der Waals surface area (Å²) in [4.78, 5) is 12.3. The first kappa shape index (κ1) is 14.6. The highest BCUT2D eigenvalue weighted by atomic mass is 35.5. The number of carbonyl (C=O) groups is 1.